The molecule has 35 heavy (non-hydrogen) atoms. The molecule has 0 aliphatic carbocycles. The van der Waals surface area contributed by atoms with Gasteiger partial charge in [-0.2, -0.15) is 0 Å². The molecule has 8 nitrogen and oxygen atoms in total. The van der Waals surface area contributed by atoms with Crippen molar-refractivity contribution in [3.8, 4) is 11.1 Å². The lowest BCUT2D eigenvalue weighted by molar-refractivity contribution is -0.138. The molecule has 8 heteroatoms. The maximum absolute atomic E-state index is 13.5. The second-order valence-electron chi connectivity index (χ2n) is 9.35. The Morgan fingerprint density at radius 2 is 1.86 bits per heavy atom. The number of pyridine rings is 3. The van der Waals surface area contributed by atoms with Crippen LogP contribution < -0.4 is 10.9 Å². The fraction of sp³-hybridized carbons (Fsp3) is 0.370. The lowest BCUT2D eigenvalue weighted by atomic mass is 9.96. The zero-order valence-electron chi connectivity index (χ0n) is 20.8. The predicted octanol–water partition coefficient (Wildman–Crippen LogP) is 4.15. The van der Waals surface area contributed by atoms with Crippen LogP contribution in [0.4, 0.5) is 0 Å². The van der Waals surface area contributed by atoms with Crippen LogP contribution in [0.15, 0.2) is 53.8 Å². The fourth-order valence-electron chi connectivity index (χ4n) is 4.25. The summed E-state index contributed by atoms with van der Waals surface area (Å²) in [5.74, 6) is -1.32. The first-order chi connectivity index (χ1) is 16.6. The van der Waals surface area contributed by atoms with E-state index in [1.54, 1.807) is 30.9 Å². The van der Waals surface area contributed by atoms with Gasteiger partial charge in [-0.15, -0.1) is 0 Å². The minimum Gasteiger partial charge on any atom is -0.481 e. The number of carboxylic acid groups (broad SMARTS) is 1. The van der Waals surface area contributed by atoms with Gasteiger partial charge in [0, 0.05) is 47.7 Å². The van der Waals surface area contributed by atoms with Crippen LogP contribution in [0.25, 0.3) is 11.1 Å². The number of amides is 1. The van der Waals surface area contributed by atoms with Crippen molar-refractivity contribution in [1.29, 1.82) is 0 Å². The number of nitrogens with zero attached hydrogens (tertiary/aromatic N) is 3. The quantitative estimate of drug-likeness (QED) is 0.480. The molecule has 0 fully saturated rings. The van der Waals surface area contributed by atoms with Crippen LogP contribution in [0.1, 0.15) is 61.2 Å². The standard InChI is InChI=1S/C27H32N4O4/c1-16(2)10-23(31-9-7-17(3)11-24(31)32)27(35)30-22(13-25(33)34)20-12-21(15-28-14-20)26-18(4)6-8-29-19(26)5/h6-9,11-12,14-16,22-23H,10,13H2,1-5H3,(H,30,35)(H,33,34)/t22-,23-/m1/s1. The van der Waals surface area contributed by atoms with Crippen LogP contribution in [0, 0.1) is 26.7 Å². The van der Waals surface area contributed by atoms with Crippen LogP contribution in [0.2, 0.25) is 0 Å². The number of carbonyl (C=O) groups is 2. The summed E-state index contributed by atoms with van der Waals surface area (Å²) in [6.45, 7) is 9.64. The van der Waals surface area contributed by atoms with Crippen molar-refractivity contribution in [3.05, 3.63) is 81.8 Å². The number of nitrogens with one attached hydrogen (secondary N) is 1. The van der Waals surface area contributed by atoms with Crippen LogP contribution in [0.3, 0.4) is 0 Å². The van der Waals surface area contributed by atoms with Crippen molar-refractivity contribution >= 4 is 11.9 Å². The monoisotopic (exact) mass is 476 g/mol. The summed E-state index contributed by atoms with van der Waals surface area (Å²) in [5.41, 5.74) is 4.68. The first-order valence-electron chi connectivity index (χ1n) is 11.6. The fourth-order valence-corrected chi connectivity index (χ4v) is 4.25. The molecule has 3 aromatic heterocycles. The average Bonchev–Trinajstić information content (AvgIpc) is 2.77. The van der Waals surface area contributed by atoms with E-state index >= 15 is 0 Å². The number of aromatic nitrogens is 3. The van der Waals surface area contributed by atoms with E-state index in [9.17, 15) is 19.5 Å². The normalized spacial score (nSPS) is 12.9. The molecule has 2 atom stereocenters. The van der Waals surface area contributed by atoms with Gasteiger partial charge >= 0.3 is 5.97 Å². The second kappa shape index (κ2) is 11.1. The maximum atomic E-state index is 13.5. The number of aryl methyl sites for hydroxylation is 3. The highest BCUT2D eigenvalue weighted by Gasteiger charge is 2.27. The van der Waals surface area contributed by atoms with Gasteiger partial charge in [0.05, 0.1) is 12.5 Å². The highest BCUT2D eigenvalue weighted by molar-refractivity contribution is 5.82. The Kier molecular flexibility index (Phi) is 8.17. The Bertz CT molecular complexity index is 1260. The van der Waals surface area contributed by atoms with Crippen LogP contribution in [-0.4, -0.2) is 31.5 Å². The zero-order valence-corrected chi connectivity index (χ0v) is 20.8. The summed E-state index contributed by atoms with van der Waals surface area (Å²) < 4.78 is 1.41. The molecule has 0 aromatic carbocycles. The Hall–Kier alpha value is -3.81. The van der Waals surface area contributed by atoms with Crippen molar-refractivity contribution in [2.45, 2.75) is 59.5 Å². The van der Waals surface area contributed by atoms with E-state index in [1.165, 1.54) is 10.6 Å². The molecule has 0 aliphatic rings. The van der Waals surface area contributed by atoms with Crippen LogP contribution in [-0.2, 0) is 9.59 Å². The van der Waals surface area contributed by atoms with Gasteiger partial charge in [-0.3, -0.25) is 24.4 Å². The SMILES string of the molecule is Cc1ccn([C@H](CC(C)C)C(=O)N[C@H](CC(=O)O)c2cncc(-c3c(C)ccnc3C)c2)c(=O)c1. The highest BCUT2D eigenvalue weighted by atomic mass is 16.4. The van der Waals surface area contributed by atoms with E-state index in [1.807, 2.05) is 46.8 Å². The van der Waals surface area contributed by atoms with Crippen molar-refractivity contribution in [3.63, 3.8) is 0 Å². The summed E-state index contributed by atoms with van der Waals surface area (Å²) in [4.78, 5) is 46.5. The van der Waals surface area contributed by atoms with E-state index in [2.05, 4.69) is 15.3 Å². The first-order valence-corrected chi connectivity index (χ1v) is 11.6. The van der Waals surface area contributed by atoms with Gasteiger partial charge < -0.3 is 15.0 Å². The lowest BCUT2D eigenvalue weighted by Crippen LogP contribution is -2.40. The molecule has 1 amide bonds. The average molecular weight is 477 g/mol. The third kappa shape index (κ3) is 6.41. The topological polar surface area (TPSA) is 114 Å². The number of hydrogen-bond acceptors (Lipinski definition) is 5. The number of hydrogen-bond donors (Lipinski definition) is 2. The molecule has 2 N–H and O–H groups in total. The minimum atomic E-state index is -1.05. The lowest BCUT2D eigenvalue weighted by Gasteiger charge is -2.25. The molecular formula is C27H32N4O4. The van der Waals surface area contributed by atoms with E-state index in [4.69, 9.17) is 0 Å². The van der Waals surface area contributed by atoms with E-state index in [-0.39, 0.29) is 17.9 Å². The first kappa shape index (κ1) is 25.8. The highest BCUT2D eigenvalue weighted by Crippen LogP contribution is 2.29. The minimum absolute atomic E-state index is 0.137. The number of rotatable bonds is 9. The van der Waals surface area contributed by atoms with Crippen molar-refractivity contribution < 1.29 is 14.7 Å². The van der Waals surface area contributed by atoms with E-state index in [0.717, 1.165) is 27.9 Å². The molecule has 0 unspecified atom stereocenters. The Morgan fingerprint density at radius 1 is 1.11 bits per heavy atom. The van der Waals surface area contributed by atoms with Gasteiger partial charge in [0.2, 0.25) is 5.91 Å². The summed E-state index contributed by atoms with van der Waals surface area (Å²) >= 11 is 0. The van der Waals surface area contributed by atoms with Crippen molar-refractivity contribution in [2.24, 2.45) is 5.92 Å². The largest absolute Gasteiger partial charge is 0.481 e. The van der Waals surface area contributed by atoms with Crippen molar-refractivity contribution in [2.75, 3.05) is 0 Å². The summed E-state index contributed by atoms with van der Waals surface area (Å²) in [6.07, 6.45) is 6.73. The summed E-state index contributed by atoms with van der Waals surface area (Å²) in [5, 5.41) is 12.5. The molecule has 3 aromatic rings. The number of carboxylic acids is 1. The molecule has 0 spiro atoms. The van der Waals surface area contributed by atoms with E-state index < -0.39 is 24.0 Å². The van der Waals surface area contributed by atoms with E-state index in [0.29, 0.717) is 12.0 Å². The third-order valence-corrected chi connectivity index (χ3v) is 5.93. The Labute approximate surface area is 205 Å². The van der Waals surface area contributed by atoms with Crippen LogP contribution >= 0.6 is 0 Å². The zero-order chi connectivity index (χ0) is 25.7. The summed E-state index contributed by atoms with van der Waals surface area (Å²) in [7, 11) is 0. The van der Waals surface area contributed by atoms with Crippen molar-refractivity contribution in [1.82, 2.24) is 19.9 Å². The molecule has 0 saturated heterocycles. The van der Waals surface area contributed by atoms with Gasteiger partial charge in [0.15, 0.2) is 0 Å². The molecule has 0 bridgehead atoms. The maximum Gasteiger partial charge on any atom is 0.305 e. The van der Waals surface area contributed by atoms with Crippen LogP contribution in [0.5, 0.6) is 0 Å². The molecule has 0 saturated carbocycles. The molecule has 3 rings (SSSR count). The molecule has 0 radical (unpaired) electrons. The second-order valence-corrected chi connectivity index (χ2v) is 9.35. The number of carbonyl (C=O) groups excluding carboxylic acids is 1. The molecule has 0 aliphatic heterocycles. The Morgan fingerprint density at radius 3 is 2.49 bits per heavy atom. The van der Waals surface area contributed by atoms with Gasteiger partial charge in [0.1, 0.15) is 6.04 Å². The molecule has 184 valence electrons. The van der Waals surface area contributed by atoms with Gasteiger partial charge in [-0.25, -0.2) is 0 Å². The third-order valence-electron chi connectivity index (χ3n) is 5.93. The number of aliphatic carboxylic acids is 1. The predicted molar refractivity (Wildman–Crippen MR) is 134 cm³/mol. The Balaban J connectivity index is 1.98. The van der Waals surface area contributed by atoms with Gasteiger partial charge in [-0.1, -0.05) is 13.8 Å². The molecular weight excluding hydrogens is 444 g/mol. The van der Waals surface area contributed by atoms with Gasteiger partial charge in [-0.05, 0) is 68.0 Å². The summed E-state index contributed by atoms with van der Waals surface area (Å²) in [6, 6.07) is 5.43. The molecule has 3 heterocycles. The smallest absolute Gasteiger partial charge is 0.305 e. The van der Waals surface area contributed by atoms with Gasteiger partial charge in [0.25, 0.3) is 5.56 Å².